The Morgan fingerprint density at radius 2 is 2.00 bits per heavy atom. The van der Waals surface area contributed by atoms with Gasteiger partial charge in [-0.15, -0.1) is 10.2 Å². The summed E-state index contributed by atoms with van der Waals surface area (Å²) in [5, 5.41) is 7.90. The number of nitrogens with zero attached hydrogens (tertiary/aromatic N) is 4. The molecular formula is C19H18N4O. The minimum Gasteiger partial charge on any atom is -0.329 e. The first-order valence-electron chi connectivity index (χ1n) is 8.51. The monoisotopic (exact) mass is 318 g/mol. The highest BCUT2D eigenvalue weighted by Crippen LogP contribution is 2.42. The van der Waals surface area contributed by atoms with Crippen molar-refractivity contribution in [3.8, 4) is 0 Å². The number of aryl methyl sites for hydroxylation is 1. The van der Waals surface area contributed by atoms with Crippen molar-refractivity contribution in [1.29, 1.82) is 0 Å². The van der Waals surface area contributed by atoms with Crippen LogP contribution >= 0.6 is 0 Å². The maximum Gasteiger partial charge on any atom is 0.256 e. The molecule has 2 aliphatic rings. The maximum absolute atomic E-state index is 13.3. The Morgan fingerprint density at radius 3 is 2.88 bits per heavy atom. The molecule has 120 valence electrons. The highest BCUT2D eigenvalue weighted by atomic mass is 16.2. The van der Waals surface area contributed by atoms with Gasteiger partial charge in [-0.05, 0) is 48.9 Å². The average molecular weight is 318 g/mol. The van der Waals surface area contributed by atoms with Crippen LogP contribution < -0.4 is 0 Å². The molecule has 3 aromatic rings. The number of carbonyl (C=O) groups is 1. The van der Waals surface area contributed by atoms with E-state index in [9.17, 15) is 4.79 Å². The maximum atomic E-state index is 13.3. The summed E-state index contributed by atoms with van der Waals surface area (Å²) in [5.74, 6) is 0.120. The topological polar surface area (TPSA) is 50.5 Å². The van der Waals surface area contributed by atoms with Crippen molar-refractivity contribution in [1.82, 2.24) is 19.5 Å². The molecular weight excluding hydrogens is 300 g/mol. The molecule has 1 aromatic carbocycles. The van der Waals surface area contributed by atoms with Gasteiger partial charge in [0.05, 0.1) is 11.6 Å². The molecule has 0 bridgehead atoms. The average Bonchev–Trinajstić information content (AvgIpc) is 3.18. The Morgan fingerprint density at radius 1 is 1.12 bits per heavy atom. The molecule has 0 spiro atoms. The summed E-state index contributed by atoms with van der Waals surface area (Å²) in [7, 11) is 0. The van der Waals surface area contributed by atoms with Crippen molar-refractivity contribution in [2.45, 2.75) is 37.8 Å². The van der Waals surface area contributed by atoms with E-state index in [4.69, 9.17) is 0 Å². The van der Waals surface area contributed by atoms with Crippen molar-refractivity contribution < 1.29 is 4.79 Å². The number of hydrogen-bond donors (Lipinski definition) is 0. The van der Waals surface area contributed by atoms with Crippen LogP contribution in [0.3, 0.4) is 0 Å². The molecule has 1 atom stereocenters. The van der Waals surface area contributed by atoms with Gasteiger partial charge in [0.25, 0.3) is 5.91 Å². The van der Waals surface area contributed by atoms with E-state index in [1.54, 1.807) is 10.7 Å². The van der Waals surface area contributed by atoms with Gasteiger partial charge in [-0.1, -0.05) is 24.3 Å². The van der Waals surface area contributed by atoms with Crippen molar-refractivity contribution in [2.24, 2.45) is 0 Å². The third-order valence-electron chi connectivity index (χ3n) is 5.15. The number of rotatable bonds is 3. The van der Waals surface area contributed by atoms with Crippen molar-refractivity contribution >= 4 is 11.6 Å². The van der Waals surface area contributed by atoms with Crippen LogP contribution in [0.5, 0.6) is 0 Å². The van der Waals surface area contributed by atoms with E-state index >= 15 is 0 Å². The van der Waals surface area contributed by atoms with Crippen LogP contribution in [0.2, 0.25) is 0 Å². The molecule has 1 fully saturated rings. The number of amides is 1. The van der Waals surface area contributed by atoms with Crippen molar-refractivity contribution in [3.05, 3.63) is 65.6 Å². The smallest absolute Gasteiger partial charge is 0.256 e. The SMILES string of the molecule is O=C(c1ccc2nncn2c1)N(C1CC1)[C@@H]1CCc2ccccc21. The zero-order valence-corrected chi connectivity index (χ0v) is 13.3. The van der Waals surface area contributed by atoms with Gasteiger partial charge in [-0.25, -0.2) is 0 Å². The largest absolute Gasteiger partial charge is 0.329 e. The molecule has 0 radical (unpaired) electrons. The molecule has 0 aliphatic heterocycles. The number of hydrogen-bond acceptors (Lipinski definition) is 3. The molecule has 5 rings (SSSR count). The Hall–Kier alpha value is -2.69. The lowest BCUT2D eigenvalue weighted by Gasteiger charge is -2.30. The molecule has 2 aliphatic carbocycles. The standard InChI is InChI=1S/C19H18N4O/c24-19(14-6-10-18-21-20-12-22(18)11-14)23(15-7-8-15)17-9-5-13-3-1-2-4-16(13)17/h1-4,6,10-12,15,17H,5,7-9H2/t17-/m1/s1. The van der Waals surface area contributed by atoms with Crippen LogP contribution in [0.15, 0.2) is 48.9 Å². The van der Waals surface area contributed by atoms with Crippen LogP contribution in [-0.4, -0.2) is 31.4 Å². The van der Waals surface area contributed by atoms with E-state index < -0.39 is 0 Å². The van der Waals surface area contributed by atoms with Crippen LogP contribution in [0.1, 0.15) is 46.8 Å². The van der Waals surface area contributed by atoms with Gasteiger partial charge in [0.1, 0.15) is 6.33 Å². The van der Waals surface area contributed by atoms with E-state index in [0.717, 1.165) is 31.3 Å². The van der Waals surface area contributed by atoms with Crippen LogP contribution in [-0.2, 0) is 6.42 Å². The normalized spacial score (nSPS) is 19.4. The number of pyridine rings is 1. The molecule has 0 unspecified atom stereocenters. The van der Waals surface area contributed by atoms with Crippen molar-refractivity contribution in [3.63, 3.8) is 0 Å². The summed E-state index contributed by atoms with van der Waals surface area (Å²) < 4.78 is 1.81. The number of fused-ring (bicyclic) bond motifs is 2. The zero-order chi connectivity index (χ0) is 16.1. The van der Waals surface area contributed by atoms with Crippen LogP contribution in [0.4, 0.5) is 0 Å². The number of aromatic nitrogens is 3. The van der Waals surface area contributed by atoms with E-state index in [1.807, 2.05) is 18.3 Å². The second-order valence-corrected chi connectivity index (χ2v) is 6.71. The van der Waals surface area contributed by atoms with E-state index in [2.05, 4.69) is 39.4 Å². The number of carbonyl (C=O) groups excluding carboxylic acids is 1. The Balaban J connectivity index is 1.53. The second-order valence-electron chi connectivity index (χ2n) is 6.71. The zero-order valence-electron chi connectivity index (χ0n) is 13.3. The van der Waals surface area contributed by atoms with E-state index in [-0.39, 0.29) is 11.9 Å². The van der Waals surface area contributed by atoms with Gasteiger partial charge in [0.15, 0.2) is 5.65 Å². The minimum atomic E-state index is 0.120. The predicted octanol–water partition coefficient (Wildman–Crippen LogP) is 3.02. The summed E-state index contributed by atoms with van der Waals surface area (Å²) in [6.45, 7) is 0. The van der Waals surface area contributed by atoms with Gasteiger partial charge >= 0.3 is 0 Å². The second kappa shape index (κ2) is 5.16. The molecule has 5 heteroatoms. The van der Waals surface area contributed by atoms with Crippen LogP contribution in [0, 0.1) is 0 Å². The molecule has 2 heterocycles. The molecule has 1 saturated carbocycles. The summed E-state index contributed by atoms with van der Waals surface area (Å²) in [6, 6.07) is 12.8. The third-order valence-corrected chi connectivity index (χ3v) is 5.15. The first kappa shape index (κ1) is 13.7. The van der Waals surface area contributed by atoms with Gasteiger partial charge in [-0.2, -0.15) is 0 Å². The Labute approximate surface area is 139 Å². The van der Waals surface area contributed by atoms with E-state index in [0.29, 0.717) is 11.6 Å². The Bertz CT molecular complexity index is 928. The van der Waals surface area contributed by atoms with Gasteiger partial charge < -0.3 is 4.90 Å². The predicted molar refractivity (Wildman–Crippen MR) is 89.7 cm³/mol. The fourth-order valence-electron chi connectivity index (χ4n) is 3.84. The highest BCUT2D eigenvalue weighted by Gasteiger charge is 2.40. The molecule has 0 saturated heterocycles. The molecule has 0 N–H and O–H groups in total. The van der Waals surface area contributed by atoms with Gasteiger partial charge in [-0.3, -0.25) is 9.20 Å². The summed E-state index contributed by atoms with van der Waals surface area (Å²) >= 11 is 0. The quantitative estimate of drug-likeness (QED) is 0.746. The summed E-state index contributed by atoms with van der Waals surface area (Å²) in [4.78, 5) is 15.4. The lowest BCUT2D eigenvalue weighted by molar-refractivity contribution is 0.0657. The highest BCUT2D eigenvalue weighted by molar-refractivity contribution is 5.95. The fraction of sp³-hybridized carbons (Fsp3) is 0.316. The first-order valence-corrected chi connectivity index (χ1v) is 8.51. The lowest BCUT2D eigenvalue weighted by Crippen LogP contribution is -2.36. The summed E-state index contributed by atoms with van der Waals surface area (Å²) in [5.41, 5.74) is 4.17. The fourth-order valence-corrected chi connectivity index (χ4v) is 3.84. The Kier molecular flexibility index (Phi) is 2.95. The lowest BCUT2D eigenvalue weighted by atomic mass is 10.1. The molecule has 5 nitrogen and oxygen atoms in total. The first-order chi connectivity index (χ1) is 11.8. The molecule has 1 amide bonds. The summed E-state index contributed by atoms with van der Waals surface area (Å²) in [6.07, 6.45) is 7.78. The molecule has 24 heavy (non-hydrogen) atoms. The van der Waals surface area contributed by atoms with Gasteiger partial charge in [0, 0.05) is 12.2 Å². The minimum absolute atomic E-state index is 0.120. The van der Waals surface area contributed by atoms with Gasteiger partial charge in [0.2, 0.25) is 0 Å². The van der Waals surface area contributed by atoms with Crippen molar-refractivity contribution in [2.75, 3.05) is 0 Å². The van der Waals surface area contributed by atoms with E-state index in [1.165, 1.54) is 11.1 Å². The molecule has 2 aromatic heterocycles. The van der Waals surface area contributed by atoms with Crippen LogP contribution in [0.25, 0.3) is 5.65 Å². The third kappa shape index (κ3) is 2.12. The number of benzene rings is 1.